The predicted molar refractivity (Wildman–Crippen MR) is 78.8 cm³/mol. The normalized spacial score (nSPS) is 25.8. The number of alkyl halides is 1. The standard InChI is InChI=1S/C15H21ClO5/c1-14(2,3)9-6-10(12(18)20-4)11(17)15(7-9,8-16)13(19)21-5/h6-7,11,17H,8H2,1-5H3. The summed E-state index contributed by atoms with van der Waals surface area (Å²) in [4.78, 5) is 24.1. The number of allylic oxidation sites excluding steroid dienone is 2. The van der Waals surface area contributed by atoms with E-state index in [1.165, 1.54) is 14.2 Å². The first-order chi connectivity index (χ1) is 9.63. The van der Waals surface area contributed by atoms with E-state index in [1.807, 2.05) is 20.8 Å². The van der Waals surface area contributed by atoms with Gasteiger partial charge in [-0.1, -0.05) is 26.8 Å². The SMILES string of the molecule is COC(=O)C1=CC(C(C)(C)C)=CC(CCl)(C(=O)OC)C1O. The first-order valence-corrected chi connectivity index (χ1v) is 7.03. The van der Waals surface area contributed by atoms with Gasteiger partial charge in [0.2, 0.25) is 0 Å². The minimum atomic E-state index is -1.50. The van der Waals surface area contributed by atoms with Gasteiger partial charge in [0.05, 0.1) is 19.8 Å². The van der Waals surface area contributed by atoms with Crippen molar-refractivity contribution in [3.63, 3.8) is 0 Å². The minimum Gasteiger partial charge on any atom is -0.468 e. The average Bonchev–Trinajstić information content (AvgIpc) is 2.44. The summed E-state index contributed by atoms with van der Waals surface area (Å²) in [5.74, 6) is -1.61. The third-order valence-electron chi connectivity index (χ3n) is 3.58. The Bertz CT molecular complexity index is 501. The van der Waals surface area contributed by atoms with Gasteiger partial charge < -0.3 is 14.6 Å². The first kappa shape index (κ1) is 17.7. The molecule has 0 amide bonds. The topological polar surface area (TPSA) is 72.8 Å². The Hall–Kier alpha value is -1.33. The van der Waals surface area contributed by atoms with E-state index in [-0.39, 0.29) is 16.9 Å². The van der Waals surface area contributed by atoms with Crippen LogP contribution in [-0.4, -0.2) is 43.2 Å². The van der Waals surface area contributed by atoms with E-state index in [0.29, 0.717) is 5.57 Å². The molecule has 0 radical (unpaired) electrons. The Morgan fingerprint density at radius 2 is 1.90 bits per heavy atom. The van der Waals surface area contributed by atoms with E-state index in [1.54, 1.807) is 12.2 Å². The molecule has 21 heavy (non-hydrogen) atoms. The number of methoxy groups -OCH3 is 2. The van der Waals surface area contributed by atoms with E-state index in [4.69, 9.17) is 16.3 Å². The van der Waals surface area contributed by atoms with Gasteiger partial charge in [0.25, 0.3) is 0 Å². The van der Waals surface area contributed by atoms with Gasteiger partial charge in [0.1, 0.15) is 11.5 Å². The molecular weight excluding hydrogens is 296 g/mol. The summed E-state index contributed by atoms with van der Waals surface area (Å²) >= 11 is 5.95. The third kappa shape index (κ3) is 3.14. The van der Waals surface area contributed by atoms with Crippen molar-refractivity contribution in [2.75, 3.05) is 20.1 Å². The van der Waals surface area contributed by atoms with Gasteiger partial charge in [0.15, 0.2) is 0 Å². The van der Waals surface area contributed by atoms with Crippen LogP contribution in [0.15, 0.2) is 23.3 Å². The molecule has 1 rings (SSSR count). The highest BCUT2D eigenvalue weighted by Crippen LogP contribution is 2.42. The van der Waals surface area contributed by atoms with Crippen LogP contribution >= 0.6 is 11.6 Å². The van der Waals surface area contributed by atoms with Crippen molar-refractivity contribution in [2.24, 2.45) is 10.8 Å². The molecule has 0 heterocycles. The average molecular weight is 317 g/mol. The molecule has 0 bridgehead atoms. The van der Waals surface area contributed by atoms with Crippen LogP contribution in [0.2, 0.25) is 0 Å². The zero-order valence-corrected chi connectivity index (χ0v) is 13.7. The van der Waals surface area contributed by atoms with Crippen LogP contribution < -0.4 is 0 Å². The van der Waals surface area contributed by atoms with Gasteiger partial charge >= 0.3 is 11.9 Å². The number of hydrogen-bond acceptors (Lipinski definition) is 5. The highest BCUT2D eigenvalue weighted by Gasteiger charge is 2.50. The Morgan fingerprint density at radius 1 is 1.33 bits per heavy atom. The summed E-state index contributed by atoms with van der Waals surface area (Å²) in [7, 11) is 2.43. The molecular formula is C15H21ClO5. The highest BCUT2D eigenvalue weighted by atomic mass is 35.5. The number of hydrogen-bond donors (Lipinski definition) is 1. The second-order valence-electron chi connectivity index (χ2n) is 6.01. The summed E-state index contributed by atoms with van der Waals surface area (Å²) in [5.41, 5.74) is -1.14. The zero-order valence-electron chi connectivity index (χ0n) is 12.9. The molecule has 0 saturated carbocycles. The molecule has 0 spiro atoms. The Kier molecular flexibility index (Phi) is 5.23. The fraction of sp³-hybridized carbons (Fsp3) is 0.600. The van der Waals surface area contributed by atoms with Gasteiger partial charge in [-0.25, -0.2) is 4.79 Å². The van der Waals surface area contributed by atoms with Crippen LogP contribution in [0.4, 0.5) is 0 Å². The second-order valence-corrected chi connectivity index (χ2v) is 6.28. The third-order valence-corrected chi connectivity index (χ3v) is 4.02. The largest absolute Gasteiger partial charge is 0.468 e. The monoisotopic (exact) mass is 316 g/mol. The lowest BCUT2D eigenvalue weighted by molar-refractivity contribution is -0.154. The fourth-order valence-corrected chi connectivity index (χ4v) is 2.50. The van der Waals surface area contributed by atoms with Gasteiger partial charge in [0, 0.05) is 5.88 Å². The Balaban J connectivity index is 3.53. The van der Waals surface area contributed by atoms with Crippen molar-refractivity contribution in [1.29, 1.82) is 0 Å². The maximum atomic E-state index is 12.2. The van der Waals surface area contributed by atoms with Gasteiger partial charge in [-0.3, -0.25) is 4.79 Å². The quantitative estimate of drug-likeness (QED) is 0.635. The first-order valence-electron chi connectivity index (χ1n) is 6.49. The minimum absolute atomic E-state index is 0.00373. The van der Waals surface area contributed by atoms with E-state index < -0.39 is 23.5 Å². The van der Waals surface area contributed by atoms with E-state index in [0.717, 1.165) is 0 Å². The van der Waals surface area contributed by atoms with Gasteiger partial charge in [-0.05, 0) is 17.1 Å². The number of aliphatic hydroxyl groups is 1. The number of carbonyl (C=O) groups excluding carboxylic acids is 2. The lowest BCUT2D eigenvalue weighted by Crippen LogP contribution is -2.48. The van der Waals surface area contributed by atoms with Crippen molar-refractivity contribution in [1.82, 2.24) is 0 Å². The molecule has 1 N–H and O–H groups in total. The Morgan fingerprint density at radius 3 is 2.29 bits per heavy atom. The van der Waals surface area contributed by atoms with Crippen LogP contribution in [-0.2, 0) is 19.1 Å². The predicted octanol–water partition coefficient (Wildman–Crippen LogP) is 1.83. The van der Waals surface area contributed by atoms with Gasteiger partial charge in [-0.15, -0.1) is 11.6 Å². The van der Waals surface area contributed by atoms with E-state index >= 15 is 0 Å². The summed E-state index contributed by atoms with van der Waals surface area (Å²) in [6.07, 6.45) is 1.72. The van der Waals surface area contributed by atoms with Crippen LogP contribution in [0, 0.1) is 10.8 Å². The van der Waals surface area contributed by atoms with Crippen molar-refractivity contribution in [2.45, 2.75) is 26.9 Å². The van der Waals surface area contributed by atoms with Crippen LogP contribution in [0.1, 0.15) is 20.8 Å². The van der Waals surface area contributed by atoms with Crippen molar-refractivity contribution in [3.05, 3.63) is 23.3 Å². The molecule has 0 saturated heterocycles. The smallest absolute Gasteiger partial charge is 0.336 e. The number of carbonyl (C=O) groups is 2. The molecule has 2 unspecified atom stereocenters. The molecule has 118 valence electrons. The number of aliphatic hydroxyl groups excluding tert-OH is 1. The van der Waals surface area contributed by atoms with Crippen LogP contribution in [0.25, 0.3) is 0 Å². The molecule has 1 aliphatic rings. The van der Waals surface area contributed by atoms with E-state index in [2.05, 4.69) is 4.74 Å². The number of halogens is 1. The molecule has 0 aromatic rings. The second kappa shape index (κ2) is 6.20. The number of esters is 2. The van der Waals surface area contributed by atoms with Crippen molar-refractivity contribution >= 4 is 23.5 Å². The summed E-state index contributed by atoms with van der Waals surface area (Å²) in [5, 5.41) is 10.5. The molecule has 5 nitrogen and oxygen atoms in total. The zero-order chi connectivity index (χ0) is 16.4. The molecule has 0 aromatic heterocycles. The summed E-state index contributed by atoms with van der Waals surface area (Å²) in [6.45, 7) is 5.79. The maximum Gasteiger partial charge on any atom is 0.336 e. The molecule has 6 heteroatoms. The van der Waals surface area contributed by atoms with Crippen molar-refractivity contribution < 1.29 is 24.2 Å². The van der Waals surface area contributed by atoms with Crippen LogP contribution in [0.5, 0.6) is 0 Å². The molecule has 2 atom stereocenters. The lowest BCUT2D eigenvalue weighted by atomic mass is 9.70. The highest BCUT2D eigenvalue weighted by molar-refractivity contribution is 6.20. The molecule has 0 aromatic carbocycles. The fourth-order valence-electron chi connectivity index (χ4n) is 2.17. The molecule has 0 fully saturated rings. The lowest BCUT2D eigenvalue weighted by Gasteiger charge is -2.37. The number of ether oxygens (including phenoxy) is 2. The summed E-state index contributed by atoms with van der Waals surface area (Å²) < 4.78 is 9.45. The maximum absolute atomic E-state index is 12.2. The number of rotatable bonds is 3. The summed E-state index contributed by atoms with van der Waals surface area (Å²) in [6, 6.07) is 0. The van der Waals surface area contributed by atoms with Crippen LogP contribution in [0.3, 0.4) is 0 Å². The molecule has 1 aliphatic carbocycles. The van der Waals surface area contributed by atoms with Gasteiger partial charge in [-0.2, -0.15) is 0 Å². The van der Waals surface area contributed by atoms with Crippen molar-refractivity contribution in [3.8, 4) is 0 Å². The van der Waals surface area contributed by atoms with E-state index in [9.17, 15) is 14.7 Å². The molecule has 0 aliphatic heterocycles. The Labute approximate surface area is 129 Å².